The molecule has 35 heavy (non-hydrogen) atoms. The SMILES string of the molecule is CC(C)(C)OC(=O)N[C@@H]1CCCN(c2nc(C3=CCC(Oc4ccccc4)C=C3)c(C(N)=O)s2)C1. The summed E-state index contributed by atoms with van der Waals surface area (Å²) in [6, 6.07) is 9.61. The number of piperidine rings is 1. The molecule has 0 saturated carbocycles. The highest BCUT2D eigenvalue weighted by Gasteiger charge is 2.28. The molecule has 0 spiro atoms. The second-order valence-corrected chi connectivity index (χ2v) is 10.7. The molecule has 2 atom stereocenters. The summed E-state index contributed by atoms with van der Waals surface area (Å²) in [7, 11) is 0. The molecule has 2 aliphatic rings. The van der Waals surface area contributed by atoms with E-state index in [1.54, 1.807) is 0 Å². The highest BCUT2D eigenvalue weighted by atomic mass is 32.1. The van der Waals surface area contributed by atoms with Crippen molar-refractivity contribution in [2.24, 2.45) is 5.73 Å². The van der Waals surface area contributed by atoms with Crippen LogP contribution >= 0.6 is 11.3 Å². The van der Waals surface area contributed by atoms with E-state index >= 15 is 0 Å². The Morgan fingerprint density at radius 1 is 1.23 bits per heavy atom. The van der Waals surface area contributed by atoms with Crippen LogP contribution in [0, 0.1) is 0 Å². The summed E-state index contributed by atoms with van der Waals surface area (Å²) in [5.41, 5.74) is 6.61. The first-order valence-electron chi connectivity index (χ1n) is 11.8. The van der Waals surface area contributed by atoms with Gasteiger partial charge in [-0.3, -0.25) is 4.79 Å². The van der Waals surface area contributed by atoms with Crippen molar-refractivity contribution >= 4 is 34.0 Å². The molecular weight excluding hydrogens is 464 g/mol. The van der Waals surface area contributed by atoms with Crippen molar-refractivity contribution < 1.29 is 19.1 Å². The summed E-state index contributed by atoms with van der Waals surface area (Å²) < 4.78 is 11.4. The Labute approximate surface area is 209 Å². The Balaban J connectivity index is 1.44. The van der Waals surface area contributed by atoms with Crippen LogP contribution in [0.3, 0.4) is 0 Å². The molecule has 1 aliphatic carbocycles. The zero-order valence-electron chi connectivity index (χ0n) is 20.3. The fourth-order valence-corrected chi connectivity index (χ4v) is 5.06. The molecule has 1 aromatic heterocycles. The number of primary amides is 1. The monoisotopic (exact) mass is 496 g/mol. The lowest BCUT2D eigenvalue weighted by Gasteiger charge is -2.33. The molecule has 3 N–H and O–H groups in total. The van der Waals surface area contributed by atoms with E-state index in [1.165, 1.54) is 11.3 Å². The number of ether oxygens (including phenoxy) is 2. The van der Waals surface area contributed by atoms with E-state index in [4.69, 9.17) is 20.2 Å². The molecule has 1 unspecified atom stereocenters. The number of carbonyl (C=O) groups is 2. The zero-order valence-corrected chi connectivity index (χ0v) is 21.1. The Morgan fingerprint density at radius 2 is 2.00 bits per heavy atom. The Morgan fingerprint density at radius 3 is 2.66 bits per heavy atom. The van der Waals surface area contributed by atoms with Gasteiger partial charge in [-0.25, -0.2) is 9.78 Å². The molecule has 1 aromatic carbocycles. The van der Waals surface area contributed by atoms with Crippen molar-refractivity contribution in [1.29, 1.82) is 0 Å². The van der Waals surface area contributed by atoms with Crippen LogP contribution in [0.5, 0.6) is 5.75 Å². The van der Waals surface area contributed by atoms with Crippen molar-refractivity contribution in [3.63, 3.8) is 0 Å². The third kappa shape index (κ3) is 6.63. The second kappa shape index (κ2) is 10.5. The van der Waals surface area contributed by atoms with Crippen molar-refractivity contribution in [2.45, 2.75) is 57.8 Å². The number of amides is 2. The Bertz CT molecular complexity index is 1120. The quantitative estimate of drug-likeness (QED) is 0.609. The molecule has 1 fully saturated rings. The average molecular weight is 497 g/mol. The molecule has 186 valence electrons. The minimum absolute atomic E-state index is 0.0623. The summed E-state index contributed by atoms with van der Waals surface area (Å²) >= 11 is 1.29. The molecule has 1 saturated heterocycles. The Hall–Kier alpha value is -3.33. The number of aromatic nitrogens is 1. The van der Waals surface area contributed by atoms with Gasteiger partial charge in [0.2, 0.25) is 0 Å². The second-order valence-electron chi connectivity index (χ2n) is 9.69. The predicted octanol–water partition coefficient (Wildman–Crippen LogP) is 4.53. The van der Waals surface area contributed by atoms with E-state index in [0.717, 1.165) is 35.8 Å². The van der Waals surface area contributed by atoms with Gasteiger partial charge in [-0.15, -0.1) is 0 Å². The molecular formula is C26H32N4O4S. The first-order valence-corrected chi connectivity index (χ1v) is 12.6. The summed E-state index contributed by atoms with van der Waals surface area (Å²) in [6.07, 6.45) is 7.85. The van der Waals surface area contributed by atoms with E-state index in [9.17, 15) is 9.59 Å². The molecule has 2 heterocycles. The maximum Gasteiger partial charge on any atom is 0.407 e. The average Bonchev–Trinajstić information content (AvgIpc) is 3.25. The van der Waals surface area contributed by atoms with E-state index in [0.29, 0.717) is 23.5 Å². The number of benzene rings is 1. The van der Waals surface area contributed by atoms with E-state index in [2.05, 4.69) is 10.2 Å². The van der Waals surface area contributed by atoms with Crippen LogP contribution in [-0.4, -0.2) is 47.8 Å². The van der Waals surface area contributed by atoms with Crippen LogP contribution in [0.15, 0.2) is 48.6 Å². The third-order valence-corrected chi connectivity index (χ3v) is 6.75. The van der Waals surface area contributed by atoms with Crippen molar-refractivity contribution in [3.8, 4) is 5.75 Å². The zero-order chi connectivity index (χ0) is 25.0. The topological polar surface area (TPSA) is 107 Å². The van der Waals surface area contributed by atoms with Crippen molar-refractivity contribution in [2.75, 3.05) is 18.0 Å². The molecule has 1 aliphatic heterocycles. The molecule has 9 heteroatoms. The number of nitrogens with zero attached hydrogens (tertiary/aromatic N) is 2. The number of thiazole rings is 1. The Kier molecular flexibility index (Phi) is 7.45. The first kappa shape index (κ1) is 24.8. The number of alkyl carbamates (subject to hydrolysis) is 1. The lowest BCUT2D eigenvalue weighted by molar-refractivity contribution is 0.0499. The van der Waals surface area contributed by atoms with Gasteiger partial charge >= 0.3 is 6.09 Å². The fraction of sp³-hybridized carbons (Fsp3) is 0.423. The van der Waals surface area contributed by atoms with Crippen LogP contribution < -0.4 is 20.7 Å². The van der Waals surface area contributed by atoms with Crippen molar-refractivity contribution in [1.82, 2.24) is 10.3 Å². The molecule has 8 nitrogen and oxygen atoms in total. The molecule has 2 aromatic rings. The lowest BCUT2D eigenvalue weighted by Crippen LogP contribution is -2.49. The van der Waals surface area contributed by atoms with Crippen LogP contribution in [0.2, 0.25) is 0 Å². The maximum atomic E-state index is 12.2. The number of allylic oxidation sites excluding steroid dienone is 2. The summed E-state index contributed by atoms with van der Waals surface area (Å²) in [6.45, 7) is 6.90. The van der Waals surface area contributed by atoms with Crippen LogP contribution in [0.1, 0.15) is 55.4 Å². The summed E-state index contributed by atoms with van der Waals surface area (Å²) in [5.74, 6) is 0.313. The smallest absolute Gasteiger partial charge is 0.407 e. The molecule has 4 rings (SSSR count). The van der Waals surface area contributed by atoms with Gasteiger partial charge in [0.25, 0.3) is 5.91 Å². The predicted molar refractivity (Wildman–Crippen MR) is 138 cm³/mol. The molecule has 0 radical (unpaired) electrons. The van der Waals surface area contributed by atoms with Gasteiger partial charge in [-0.1, -0.05) is 41.7 Å². The van der Waals surface area contributed by atoms with Gasteiger partial charge in [-0.2, -0.15) is 0 Å². The van der Waals surface area contributed by atoms with Gasteiger partial charge in [0, 0.05) is 25.6 Å². The van der Waals surface area contributed by atoms with Gasteiger partial charge in [-0.05, 0) is 57.4 Å². The number of hydrogen-bond acceptors (Lipinski definition) is 7. The first-order chi connectivity index (χ1) is 16.7. The summed E-state index contributed by atoms with van der Waals surface area (Å²) in [4.78, 5) is 31.8. The number of anilines is 1. The lowest BCUT2D eigenvalue weighted by atomic mass is 10.0. The van der Waals surface area contributed by atoms with Crippen LogP contribution in [0.25, 0.3) is 5.57 Å². The molecule has 2 amide bonds. The van der Waals surface area contributed by atoms with E-state index in [-0.39, 0.29) is 12.1 Å². The minimum Gasteiger partial charge on any atom is -0.486 e. The number of carbonyl (C=O) groups excluding carboxylic acids is 2. The van der Waals surface area contributed by atoms with E-state index < -0.39 is 17.6 Å². The van der Waals surface area contributed by atoms with Gasteiger partial charge in [0.1, 0.15) is 22.3 Å². The largest absolute Gasteiger partial charge is 0.486 e. The minimum atomic E-state index is -0.550. The van der Waals surface area contributed by atoms with Gasteiger partial charge in [0.15, 0.2) is 5.13 Å². The number of para-hydroxylation sites is 1. The highest BCUT2D eigenvalue weighted by molar-refractivity contribution is 7.17. The number of rotatable bonds is 6. The summed E-state index contributed by atoms with van der Waals surface area (Å²) in [5, 5.41) is 3.68. The standard InChI is InChI=1S/C26H32N4O4S/c1-26(2,3)34-25(32)28-18-8-7-15-30(16-18)24-29-21(22(35-24)23(27)31)17-11-13-20(14-12-17)33-19-9-5-4-6-10-19/h4-6,9-13,18,20H,7-8,14-16H2,1-3H3,(H2,27,31)(H,28,32)/t18-,20?/m1/s1. The highest BCUT2D eigenvalue weighted by Crippen LogP contribution is 2.34. The molecule has 0 bridgehead atoms. The number of hydrogen-bond donors (Lipinski definition) is 2. The number of nitrogens with two attached hydrogens (primary N) is 1. The van der Waals surface area contributed by atoms with E-state index in [1.807, 2.05) is 69.3 Å². The van der Waals surface area contributed by atoms with Crippen molar-refractivity contribution in [3.05, 3.63) is 59.1 Å². The van der Waals surface area contributed by atoms with Gasteiger partial charge in [0.05, 0.1) is 5.69 Å². The van der Waals surface area contributed by atoms with Crippen LogP contribution in [-0.2, 0) is 4.74 Å². The van der Waals surface area contributed by atoms with Gasteiger partial charge < -0.3 is 25.4 Å². The maximum absolute atomic E-state index is 12.2. The fourth-order valence-electron chi connectivity index (χ4n) is 4.09. The van der Waals surface area contributed by atoms with Crippen LogP contribution in [0.4, 0.5) is 9.93 Å². The number of nitrogens with one attached hydrogen (secondary N) is 1. The normalized spacial score (nSPS) is 20.2. The third-order valence-electron chi connectivity index (χ3n) is 5.62.